The van der Waals surface area contributed by atoms with Gasteiger partial charge in [-0.2, -0.15) is 0 Å². The summed E-state index contributed by atoms with van der Waals surface area (Å²) in [5, 5.41) is 10.6. The molecule has 2 aliphatic rings. The van der Waals surface area contributed by atoms with Crippen LogP contribution in [0, 0.1) is 11.8 Å². The summed E-state index contributed by atoms with van der Waals surface area (Å²) in [7, 11) is 0. The number of hydrogen-bond acceptors (Lipinski definition) is 4. The maximum atomic E-state index is 9.89. The molecule has 2 heterocycles. The molecular formula is C13H18ClN3O. The summed E-state index contributed by atoms with van der Waals surface area (Å²) in [6.45, 7) is 2.71. The Hall–Kier alpha value is -0.840. The number of aliphatic hydroxyl groups excluding tert-OH is 1. The van der Waals surface area contributed by atoms with Crippen LogP contribution in [0.5, 0.6) is 0 Å². The van der Waals surface area contributed by atoms with Crippen LogP contribution in [0.3, 0.4) is 0 Å². The maximum absolute atomic E-state index is 9.89. The Kier molecular flexibility index (Phi) is 3.18. The fourth-order valence-corrected chi connectivity index (χ4v) is 3.45. The number of nitrogens with two attached hydrogens (primary N) is 1. The number of likely N-dealkylation sites (tertiary alicyclic amines) is 1. The molecule has 5 heteroatoms. The SMILES string of the molecule is Nc1ccc(Cl)c(CN2CC3CCC(O)C3C2)n1. The monoisotopic (exact) mass is 267 g/mol. The highest BCUT2D eigenvalue weighted by Gasteiger charge is 2.41. The second kappa shape index (κ2) is 4.68. The van der Waals surface area contributed by atoms with E-state index < -0.39 is 0 Å². The predicted octanol–water partition coefficient (Wildman–Crippen LogP) is 1.52. The highest BCUT2D eigenvalue weighted by molar-refractivity contribution is 6.31. The van der Waals surface area contributed by atoms with Crippen LogP contribution < -0.4 is 5.73 Å². The van der Waals surface area contributed by atoms with Crippen molar-refractivity contribution in [3.05, 3.63) is 22.8 Å². The lowest BCUT2D eigenvalue weighted by molar-refractivity contribution is 0.123. The van der Waals surface area contributed by atoms with E-state index in [1.165, 1.54) is 0 Å². The molecule has 3 rings (SSSR count). The summed E-state index contributed by atoms with van der Waals surface area (Å²) in [6, 6.07) is 3.51. The van der Waals surface area contributed by atoms with E-state index in [1.807, 2.05) is 0 Å². The molecule has 0 aromatic carbocycles. The molecule has 1 aliphatic heterocycles. The Morgan fingerprint density at radius 3 is 3.00 bits per heavy atom. The molecule has 3 N–H and O–H groups in total. The number of nitrogen functional groups attached to an aromatic ring is 1. The van der Waals surface area contributed by atoms with E-state index >= 15 is 0 Å². The van der Waals surface area contributed by atoms with Crippen molar-refractivity contribution in [2.24, 2.45) is 11.8 Å². The van der Waals surface area contributed by atoms with Crippen LogP contribution in [-0.2, 0) is 6.54 Å². The first-order valence-electron chi connectivity index (χ1n) is 6.45. The number of aromatic nitrogens is 1. The van der Waals surface area contributed by atoms with E-state index in [0.29, 0.717) is 22.7 Å². The molecule has 0 spiro atoms. The van der Waals surface area contributed by atoms with Crippen molar-refractivity contribution in [3.63, 3.8) is 0 Å². The second-order valence-corrected chi connectivity index (χ2v) is 5.83. The number of aliphatic hydroxyl groups is 1. The van der Waals surface area contributed by atoms with Crippen molar-refractivity contribution < 1.29 is 5.11 Å². The van der Waals surface area contributed by atoms with Crippen LogP contribution in [0.25, 0.3) is 0 Å². The molecule has 98 valence electrons. The fourth-order valence-electron chi connectivity index (χ4n) is 3.28. The van der Waals surface area contributed by atoms with Crippen molar-refractivity contribution in [3.8, 4) is 0 Å². The molecular weight excluding hydrogens is 250 g/mol. The van der Waals surface area contributed by atoms with Gasteiger partial charge in [0.05, 0.1) is 16.8 Å². The van der Waals surface area contributed by atoms with Crippen LogP contribution in [0.2, 0.25) is 5.02 Å². The minimum atomic E-state index is -0.121. The molecule has 1 saturated heterocycles. The van der Waals surface area contributed by atoms with E-state index in [-0.39, 0.29) is 6.10 Å². The second-order valence-electron chi connectivity index (χ2n) is 5.43. The van der Waals surface area contributed by atoms with Crippen molar-refractivity contribution in [2.45, 2.75) is 25.5 Å². The summed E-state index contributed by atoms with van der Waals surface area (Å²) in [6.07, 6.45) is 1.98. The molecule has 2 fully saturated rings. The third-order valence-corrected chi connectivity index (χ3v) is 4.55. The lowest BCUT2D eigenvalue weighted by Crippen LogP contribution is -2.25. The maximum Gasteiger partial charge on any atom is 0.123 e. The average molecular weight is 268 g/mol. The van der Waals surface area contributed by atoms with Crippen molar-refractivity contribution in [1.29, 1.82) is 0 Å². The van der Waals surface area contributed by atoms with Crippen molar-refractivity contribution in [1.82, 2.24) is 9.88 Å². The quantitative estimate of drug-likeness (QED) is 0.853. The summed E-state index contributed by atoms with van der Waals surface area (Å²) >= 11 is 6.13. The zero-order chi connectivity index (χ0) is 12.7. The van der Waals surface area contributed by atoms with Crippen molar-refractivity contribution >= 4 is 17.4 Å². The Labute approximate surface area is 112 Å². The zero-order valence-electron chi connectivity index (χ0n) is 10.2. The topological polar surface area (TPSA) is 62.4 Å². The first kappa shape index (κ1) is 12.2. The summed E-state index contributed by atoms with van der Waals surface area (Å²) in [4.78, 5) is 6.62. The molecule has 1 saturated carbocycles. The molecule has 4 nitrogen and oxygen atoms in total. The molecule has 0 radical (unpaired) electrons. The van der Waals surface area contributed by atoms with Gasteiger partial charge in [-0.05, 0) is 30.9 Å². The van der Waals surface area contributed by atoms with Crippen LogP contribution in [-0.4, -0.2) is 34.2 Å². The van der Waals surface area contributed by atoms with Gasteiger partial charge in [-0.1, -0.05) is 11.6 Å². The number of fused-ring (bicyclic) bond motifs is 1. The largest absolute Gasteiger partial charge is 0.393 e. The molecule has 1 aromatic rings. The van der Waals surface area contributed by atoms with Gasteiger partial charge < -0.3 is 10.8 Å². The Bertz CT molecular complexity index is 454. The fraction of sp³-hybridized carbons (Fsp3) is 0.615. The van der Waals surface area contributed by atoms with Gasteiger partial charge in [0.15, 0.2) is 0 Å². The van der Waals surface area contributed by atoms with E-state index in [4.69, 9.17) is 17.3 Å². The third kappa shape index (κ3) is 2.20. The number of hydrogen-bond donors (Lipinski definition) is 2. The van der Waals surface area contributed by atoms with Gasteiger partial charge >= 0.3 is 0 Å². The van der Waals surface area contributed by atoms with Gasteiger partial charge in [0.1, 0.15) is 5.82 Å². The molecule has 0 bridgehead atoms. The first-order valence-corrected chi connectivity index (χ1v) is 6.82. The lowest BCUT2D eigenvalue weighted by atomic mass is 10.00. The Morgan fingerprint density at radius 1 is 1.39 bits per heavy atom. The number of halogens is 1. The number of nitrogens with zero attached hydrogens (tertiary/aromatic N) is 2. The number of rotatable bonds is 2. The van der Waals surface area contributed by atoms with E-state index in [2.05, 4.69) is 9.88 Å². The van der Waals surface area contributed by atoms with Crippen LogP contribution in [0.4, 0.5) is 5.82 Å². The van der Waals surface area contributed by atoms with Gasteiger partial charge in [0.2, 0.25) is 0 Å². The van der Waals surface area contributed by atoms with E-state index in [9.17, 15) is 5.11 Å². The Morgan fingerprint density at radius 2 is 2.22 bits per heavy atom. The molecule has 1 aromatic heterocycles. The molecule has 3 atom stereocenters. The van der Waals surface area contributed by atoms with Crippen LogP contribution in [0.15, 0.2) is 12.1 Å². The summed E-state index contributed by atoms with van der Waals surface area (Å²) < 4.78 is 0. The minimum absolute atomic E-state index is 0.121. The number of anilines is 1. The summed E-state index contributed by atoms with van der Waals surface area (Å²) in [5.41, 5.74) is 6.53. The van der Waals surface area contributed by atoms with Gasteiger partial charge in [-0.25, -0.2) is 4.98 Å². The smallest absolute Gasteiger partial charge is 0.123 e. The highest BCUT2D eigenvalue weighted by Crippen LogP contribution is 2.38. The molecule has 18 heavy (non-hydrogen) atoms. The molecule has 0 amide bonds. The standard InChI is InChI=1S/C13H18ClN3O/c14-10-2-4-13(15)16-11(10)7-17-5-8-1-3-12(18)9(8)6-17/h2,4,8-9,12,18H,1,3,5-7H2,(H2,15,16). The highest BCUT2D eigenvalue weighted by atomic mass is 35.5. The van der Waals surface area contributed by atoms with Crippen molar-refractivity contribution in [2.75, 3.05) is 18.8 Å². The van der Waals surface area contributed by atoms with Crippen LogP contribution in [0.1, 0.15) is 18.5 Å². The summed E-state index contributed by atoms with van der Waals surface area (Å²) in [5.74, 6) is 1.58. The minimum Gasteiger partial charge on any atom is -0.393 e. The lowest BCUT2D eigenvalue weighted by Gasteiger charge is -2.18. The predicted molar refractivity (Wildman–Crippen MR) is 71.2 cm³/mol. The number of pyridine rings is 1. The van der Waals surface area contributed by atoms with E-state index in [1.54, 1.807) is 12.1 Å². The van der Waals surface area contributed by atoms with Gasteiger partial charge in [-0.3, -0.25) is 4.90 Å². The first-order chi connectivity index (χ1) is 8.63. The zero-order valence-corrected chi connectivity index (χ0v) is 11.0. The van der Waals surface area contributed by atoms with Gasteiger partial charge in [-0.15, -0.1) is 0 Å². The normalized spacial score (nSPS) is 31.8. The average Bonchev–Trinajstić information content (AvgIpc) is 2.87. The van der Waals surface area contributed by atoms with E-state index in [0.717, 1.165) is 38.2 Å². The molecule has 1 aliphatic carbocycles. The molecule has 3 unspecified atom stereocenters. The third-order valence-electron chi connectivity index (χ3n) is 4.21. The van der Waals surface area contributed by atoms with Gasteiger partial charge in [0, 0.05) is 25.6 Å². The van der Waals surface area contributed by atoms with Crippen LogP contribution >= 0.6 is 11.6 Å². The Balaban J connectivity index is 1.69. The van der Waals surface area contributed by atoms with Gasteiger partial charge in [0.25, 0.3) is 0 Å².